The molecule has 0 aromatic heterocycles. The molecule has 5 heteroatoms. The number of benzene rings is 3. The number of rotatable bonds is 11. The lowest BCUT2D eigenvalue weighted by molar-refractivity contribution is 0.130. The Labute approximate surface area is 207 Å². The number of aryl methyl sites for hydroxylation is 2. The van der Waals surface area contributed by atoms with Crippen LogP contribution in [0.2, 0.25) is 5.02 Å². The summed E-state index contributed by atoms with van der Waals surface area (Å²) < 4.78 is 0. The molecule has 0 amide bonds. The van der Waals surface area contributed by atoms with Crippen molar-refractivity contribution in [3.63, 3.8) is 0 Å². The first-order valence-electron chi connectivity index (χ1n) is 11.4. The molecule has 0 aliphatic carbocycles. The zero-order valence-corrected chi connectivity index (χ0v) is 21.5. The lowest BCUT2D eigenvalue weighted by Gasteiger charge is -2.18. The van der Waals surface area contributed by atoms with E-state index in [1.165, 1.54) is 21.6 Å². The summed E-state index contributed by atoms with van der Waals surface area (Å²) in [4.78, 5) is 6.96. The van der Waals surface area contributed by atoms with Gasteiger partial charge in [0.25, 0.3) is 0 Å². The van der Waals surface area contributed by atoms with Gasteiger partial charge in [0.2, 0.25) is 0 Å². The molecule has 0 spiro atoms. The lowest BCUT2D eigenvalue weighted by atomic mass is 10.1. The van der Waals surface area contributed by atoms with E-state index >= 15 is 0 Å². The van der Waals surface area contributed by atoms with Crippen molar-refractivity contribution in [2.75, 3.05) is 6.54 Å². The van der Waals surface area contributed by atoms with Gasteiger partial charge >= 0.3 is 0 Å². The van der Waals surface area contributed by atoms with Gasteiger partial charge in [-0.1, -0.05) is 66.1 Å². The first-order chi connectivity index (χ1) is 16.0. The molecule has 33 heavy (non-hydrogen) atoms. The summed E-state index contributed by atoms with van der Waals surface area (Å²) in [6.07, 6.45) is 1.14. The number of thioether (sulfide) groups is 1. The highest BCUT2D eigenvalue weighted by molar-refractivity contribution is 8.00. The molecule has 1 unspecified atom stereocenters. The van der Waals surface area contributed by atoms with Crippen LogP contribution in [0, 0.1) is 13.8 Å². The van der Waals surface area contributed by atoms with Crippen LogP contribution < -0.4 is 5.32 Å². The Bertz CT molecular complexity index is 1070. The van der Waals surface area contributed by atoms with Gasteiger partial charge in [-0.15, -0.1) is 11.8 Å². The Morgan fingerprint density at radius 2 is 1.76 bits per heavy atom. The van der Waals surface area contributed by atoms with Crippen LogP contribution in [0.25, 0.3) is 0 Å². The predicted molar refractivity (Wildman–Crippen MR) is 142 cm³/mol. The molecule has 3 nitrogen and oxygen atoms in total. The molecule has 3 aromatic carbocycles. The Kier molecular flexibility index (Phi) is 9.86. The summed E-state index contributed by atoms with van der Waals surface area (Å²) in [6, 6.07) is 23.0. The Morgan fingerprint density at radius 3 is 2.45 bits per heavy atom. The first-order valence-corrected chi connectivity index (χ1v) is 12.7. The van der Waals surface area contributed by atoms with Gasteiger partial charge in [-0.2, -0.15) is 0 Å². The van der Waals surface area contributed by atoms with Gasteiger partial charge in [0.1, 0.15) is 6.61 Å². The Balaban J connectivity index is 1.69. The number of nitrogens with one attached hydrogen (secondary N) is 1. The molecule has 0 fully saturated rings. The van der Waals surface area contributed by atoms with E-state index in [2.05, 4.69) is 79.8 Å². The maximum Gasteiger partial charge on any atom is 0.142 e. The molecule has 0 bridgehead atoms. The van der Waals surface area contributed by atoms with Crippen molar-refractivity contribution in [1.82, 2.24) is 5.32 Å². The van der Waals surface area contributed by atoms with Crippen LogP contribution in [0.3, 0.4) is 0 Å². The fourth-order valence-electron chi connectivity index (χ4n) is 3.41. The molecular formula is C28H33ClN2OS. The second kappa shape index (κ2) is 12.8. The summed E-state index contributed by atoms with van der Waals surface area (Å²) in [7, 11) is 0. The van der Waals surface area contributed by atoms with Crippen molar-refractivity contribution in [2.45, 2.75) is 57.4 Å². The molecule has 3 rings (SSSR count). The molecule has 0 aliphatic heterocycles. The Hall–Kier alpha value is -2.27. The van der Waals surface area contributed by atoms with Gasteiger partial charge in [-0.05, 0) is 85.8 Å². The van der Waals surface area contributed by atoms with Gasteiger partial charge < -0.3 is 10.2 Å². The minimum absolute atomic E-state index is 0.0119. The largest absolute Gasteiger partial charge is 0.391 e. The van der Waals surface area contributed by atoms with Crippen LogP contribution in [0.15, 0.2) is 76.8 Å². The molecule has 0 saturated carbocycles. The first kappa shape index (κ1) is 25.4. The zero-order valence-electron chi connectivity index (χ0n) is 19.9. The van der Waals surface area contributed by atoms with Crippen LogP contribution in [-0.2, 0) is 18.0 Å². The maximum absolute atomic E-state index is 6.29. The van der Waals surface area contributed by atoms with E-state index in [0.717, 1.165) is 41.4 Å². The summed E-state index contributed by atoms with van der Waals surface area (Å²) in [5, 5.41) is 8.64. The summed E-state index contributed by atoms with van der Waals surface area (Å²) in [5.41, 5.74) is 6.97. The van der Waals surface area contributed by atoms with E-state index in [9.17, 15) is 0 Å². The van der Waals surface area contributed by atoms with Gasteiger partial charge in [0.05, 0.1) is 11.0 Å². The van der Waals surface area contributed by atoms with Crippen LogP contribution in [0.5, 0.6) is 0 Å². The molecule has 174 valence electrons. The van der Waals surface area contributed by atoms with Crippen molar-refractivity contribution in [3.05, 3.63) is 99.6 Å². The molecule has 1 N–H and O–H groups in total. The van der Waals surface area contributed by atoms with Crippen molar-refractivity contribution >= 4 is 29.1 Å². The minimum Gasteiger partial charge on any atom is -0.391 e. The zero-order chi connectivity index (χ0) is 23.6. The normalized spacial score (nSPS) is 12.6. The van der Waals surface area contributed by atoms with Gasteiger partial charge in [-0.3, -0.25) is 0 Å². The van der Waals surface area contributed by atoms with Crippen LogP contribution in [0.4, 0.5) is 0 Å². The van der Waals surface area contributed by atoms with Crippen LogP contribution in [-0.4, -0.2) is 12.3 Å². The van der Waals surface area contributed by atoms with E-state index in [1.54, 1.807) is 11.8 Å². The second-order valence-electron chi connectivity index (χ2n) is 8.30. The highest BCUT2D eigenvalue weighted by Crippen LogP contribution is 2.38. The highest BCUT2D eigenvalue weighted by atomic mass is 35.5. The van der Waals surface area contributed by atoms with Crippen molar-refractivity contribution in [2.24, 2.45) is 5.16 Å². The number of oxime groups is 1. The lowest BCUT2D eigenvalue weighted by Crippen LogP contribution is -2.13. The summed E-state index contributed by atoms with van der Waals surface area (Å²) in [6.45, 7) is 10.8. The molecule has 0 saturated heterocycles. The van der Waals surface area contributed by atoms with Crippen molar-refractivity contribution in [1.29, 1.82) is 0 Å². The monoisotopic (exact) mass is 480 g/mol. The fraction of sp³-hybridized carbons (Fsp3) is 0.321. The second-order valence-corrected chi connectivity index (χ2v) is 9.91. The predicted octanol–water partition coefficient (Wildman–Crippen LogP) is 7.88. The smallest absolute Gasteiger partial charge is 0.142 e. The van der Waals surface area contributed by atoms with Crippen molar-refractivity contribution in [3.8, 4) is 0 Å². The van der Waals surface area contributed by atoms with Crippen LogP contribution in [0.1, 0.15) is 53.3 Å². The topological polar surface area (TPSA) is 33.6 Å². The van der Waals surface area contributed by atoms with E-state index in [-0.39, 0.29) is 5.25 Å². The quantitative estimate of drug-likeness (QED) is 0.131. The molecular weight excluding hydrogens is 448 g/mol. The van der Waals surface area contributed by atoms with Gasteiger partial charge in [0.15, 0.2) is 0 Å². The van der Waals surface area contributed by atoms with E-state index < -0.39 is 0 Å². The number of hydrogen-bond acceptors (Lipinski definition) is 4. The molecule has 0 aliphatic rings. The molecule has 1 atom stereocenters. The van der Waals surface area contributed by atoms with E-state index in [4.69, 9.17) is 16.4 Å². The third-order valence-electron chi connectivity index (χ3n) is 5.48. The summed E-state index contributed by atoms with van der Waals surface area (Å²) >= 11 is 8.06. The number of nitrogens with zero attached hydrogens (tertiary/aromatic N) is 1. The van der Waals surface area contributed by atoms with Gasteiger partial charge in [0, 0.05) is 16.5 Å². The average Bonchev–Trinajstić information content (AvgIpc) is 2.81. The maximum atomic E-state index is 6.29. The SMILES string of the molecule is CCCNCc1ccc(CO/N=C(\C)C(Sc2ccc(C)c(C)c2)c2cccc(Cl)c2)cc1. The highest BCUT2D eigenvalue weighted by Gasteiger charge is 2.18. The fourth-order valence-corrected chi connectivity index (χ4v) is 4.77. The Morgan fingerprint density at radius 1 is 1.00 bits per heavy atom. The third kappa shape index (κ3) is 7.92. The van der Waals surface area contributed by atoms with E-state index in [1.807, 2.05) is 25.1 Å². The summed E-state index contributed by atoms with van der Waals surface area (Å²) in [5.74, 6) is 0. The molecule has 0 radical (unpaired) electrons. The van der Waals surface area contributed by atoms with E-state index in [0.29, 0.717) is 6.61 Å². The molecule has 0 heterocycles. The third-order valence-corrected chi connectivity index (χ3v) is 7.09. The minimum atomic E-state index is 0.0119. The van der Waals surface area contributed by atoms with Crippen molar-refractivity contribution < 1.29 is 4.84 Å². The van der Waals surface area contributed by atoms with Gasteiger partial charge in [-0.25, -0.2) is 0 Å². The number of hydrogen-bond donors (Lipinski definition) is 1. The molecule has 3 aromatic rings. The van der Waals surface area contributed by atoms with Crippen LogP contribution >= 0.6 is 23.4 Å². The number of halogens is 1. The standard InChI is InChI=1S/C28H33ClN2OS/c1-5-15-30-18-23-10-12-24(13-11-23)19-32-31-22(4)28(25-7-6-8-26(29)17-25)33-27-14-9-20(2)21(3)16-27/h6-14,16-17,28,30H,5,15,18-19H2,1-4H3/b31-22+. The average molecular weight is 481 g/mol.